The van der Waals surface area contributed by atoms with E-state index in [0.29, 0.717) is 11.8 Å². The molecule has 0 saturated carbocycles. The third kappa shape index (κ3) is 9.23. The van der Waals surface area contributed by atoms with E-state index in [1.807, 2.05) is 6.92 Å². The lowest BCUT2D eigenvalue weighted by atomic mass is 10.0. The van der Waals surface area contributed by atoms with Crippen LogP contribution >= 0.6 is 24.0 Å². The van der Waals surface area contributed by atoms with Crippen molar-refractivity contribution in [3.8, 4) is 0 Å². The summed E-state index contributed by atoms with van der Waals surface area (Å²) in [6, 6.07) is 3.86. The zero-order valence-corrected chi connectivity index (χ0v) is 19.2. The summed E-state index contributed by atoms with van der Waals surface area (Å²) in [5.41, 5.74) is -1.11. The Bertz CT molecular complexity index is 488. The van der Waals surface area contributed by atoms with E-state index in [2.05, 4.69) is 41.3 Å². The topological polar surface area (TPSA) is 73.0 Å². The highest BCUT2D eigenvalue weighted by molar-refractivity contribution is 14.0. The van der Waals surface area contributed by atoms with Crippen molar-refractivity contribution in [1.29, 1.82) is 0 Å². The van der Waals surface area contributed by atoms with Gasteiger partial charge in [-0.15, -0.1) is 24.0 Å². The molecule has 1 heterocycles. The van der Waals surface area contributed by atoms with Crippen LogP contribution in [-0.4, -0.2) is 54.7 Å². The van der Waals surface area contributed by atoms with E-state index in [4.69, 9.17) is 4.42 Å². The first-order valence-electron chi connectivity index (χ1n) is 9.46. The molecule has 1 aromatic rings. The Balaban J connectivity index is 0.00000625. The number of aliphatic imine (C=N–C) groups is 1. The molecule has 1 rings (SSSR count). The number of hydrogen-bond acceptors (Lipinski definition) is 4. The van der Waals surface area contributed by atoms with Crippen molar-refractivity contribution in [3.63, 3.8) is 0 Å². The molecule has 2 unspecified atom stereocenters. The molecule has 0 amide bonds. The van der Waals surface area contributed by atoms with Crippen molar-refractivity contribution in [3.05, 3.63) is 24.2 Å². The lowest BCUT2D eigenvalue weighted by Crippen LogP contribution is -2.43. The maximum atomic E-state index is 10.5. The molecule has 0 radical (unpaired) electrons. The van der Waals surface area contributed by atoms with E-state index in [-0.39, 0.29) is 30.5 Å². The molecule has 0 saturated heterocycles. The van der Waals surface area contributed by atoms with Gasteiger partial charge in [0.05, 0.1) is 12.8 Å². The van der Waals surface area contributed by atoms with Gasteiger partial charge < -0.3 is 25.1 Å². The van der Waals surface area contributed by atoms with Gasteiger partial charge in [-0.05, 0) is 65.4 Å². The number of guanidine groups is 1. The highest BCUT2D eigenvalue weighted by atomic mass is 127. The van der Waals surface area contributed by atoms with Crippen LogP contribution in [0.3, 0.4) is 0 Å². The van der Waals surface area contributed by atoms with Crippen molar-refractivity contribution < 1.29 is 9.52 Å². The van der Waals surface area contributed by atoms with Gasteiger partial charge in [0.1, 0.15) is 11.4 Å². The van der Waals surface area contributed by atoms with Crippen LogP contribution < -0.4 is 10.6 Å². The second-order valence-electron chi connectivity index (χ2n) is 6.66. The average molecular weight is 480 g/mol. The van der Waals surface area contributed by atoms with Crippen molar-refractivity contribution in [2.45, 2.75) is 59.1 Å². The molecule has 0 aliphatic heterocycles. The lowest BCUT2D eigenvalue weighted by molar-refractivity contribution is 0.0436. The summed E-state index contributed by atoms with van der Waals surface area (Å²) in [6.07, 6.45) is 3.80. The summed E-state index contributed by atoms with van der Waals surface area (Å²) in [6.45, 7) is 14.7. The minimum Gasteiger partial charge on any atom is -0.466 e. The first kappa shape index (κ1) is 25.2. The summed E-state index contributed by atoms with van der Waals surface area (Å²) >= 11 is 0. The Kier molecular flexibility index (Phi) is 13.0. The molecule has 152 valence electrons. The van der Waals surface area contributed by atoms with E-state index < -0.39 is 5.60 Å². The zero-order valence-electron chi connectivity index (χ0n) is 16.9. The van der Waals surface area contributed by atoms with Gasteiger partial charge in [0.15, 0.2) is 5.96 Å². The molecule has 0 fully saturated rings. The Morgan fingerprint density at radius 1 is 1.35 bits per heavy atom. The molecule has 3 N–H and O–H groups in total. The first-order chi connectivity index (χ1) is 11.9. The largest absolute Gasteiger partial charge is 0.466 e. The summed E-state index contributed by atoms with van der Waals surface area (Å²) in [5.74, 6) is 1.25. The Morgan fingerprint density at radius 3 is 2.58 bits per heavy atom. The lowest BCUT2D eigenvalue weighted by Gasteiger charge is -2.22. The number of rotatable bonds is 11. The predicted octanol–water partition coefficient (Wildman–Crippen LogP) is 3.17. The number of halogens is 1. The van der Waals surface area contributed by atoms with Crippen LogP contribution in [0.5, 0.6) is 0 Å². The van der Waals surface area contributed by atoms with E-state index in [1.54, 1.807) is 25.3 Å². The standard InChI is InChI=1S/C19H36N4O2.HI/c1-6-20-18(21-15-19(5,24)17-12-10-14-25-17)22-16(4)11-9-13-23(7-2)8-3;/h10,12,14,16,24H,6-9,11,13,15H2,1-5H3,(H2,20,21,22);1H. The van der Waals surface area contributed by atoms with Crippen LogP contribution in [0.4, 0.5) is 0 Å². The molecule has 6 nitrogen and oxygen atoms in total. The van der Waals surface area contributed by atoms with E-state index in [9.17, 15) is 5.11 Å². The van der Waals surface area contributed by atoms with Crippen LogP contribution in [0, 0.1) is 0 Å². The predicted molar refractivity (Wildman–Crippen MR) is 119 cm³/mol. The third-order valence-corrected chi connectivity index (χ3v) is 4.33. The van der Waals surface area contributed by atoms with Crippen LogP contribution in [0.15, 0.2) is 27.8 Å². The minimum absolute atomic E-state index is 0. The van der Waals surface area contributed by atoms with E-state index in [0.717, 1.165) is 45.0 Å². The maximum Gasteiger partial charge on any atom is 0.191 e. The third-order valence-electron chi connectivity index (χ3n) is 4.33. The summed E-state index contributed by atoms with van der Waals surface area (Å²) in [7, 11) is 0. The second-order valence-corrected chi connectivity index (χ2v) is 6.66. The summed E-state index contributed by atoms with van der Waals surface area (Å²) < 4.78 is 5.30. The van der Waals surface area contributed by atoms with Crippen molar-refractivity contribution in [2.24, 2.45) is 4.99 Å². The van der Waals surface area contributed by atoms with Gasteiger partial charge in [-0.3, -0.25) is 0 Å². The van der Waals surface area contributed by atoms with Crippen molar-refractivity contribution >= 4 is 29.9 Å². The van der Waals surface area contributed by atoms with E-state index in [1.165, 1.54) is 0 Å². The molecule has 0 aromatic carbocycles. The minimum atomic E-state index is -1.11. The van der Waals surface area contributed by atoms with Crippen LogP contribution in [0.2, 0.25) is 0 Å². The van der Waals surface area contributed by atoms with Gasteiger partial charge in [0.2, 0.25) is 0 Å². The second kappa shape index (κ2) is 13.4. The molecular weight excluding hydrogens is 443 g/mol. The fourth-order valence-corrected chi connectivity index (χ4v) is 2.68. The zero-order chi connectivity index (χ0) is 18.7. The van der Waals surface area contributed by atoms with E-state index >= 15 is 0 Å². The smallest absolute Gasteiger partial charge is 0.191 e. The van der Waals surface area contributed by atoms with Gasteiger partial charge in [0.25, 0.3) is 0 Å². The highest BCUT2D eigenvalue weighted by Crippen LogP contribution is 2.21. The van der Waals surface area contributed by atoms with Crippen LogP contribution in [0.25, 0.3) is 0 Å². The average Bonchev–Trinajstić information content (AvgIpc) is 3.12. The fraction of sp³-hybridized carbons (Fsp3) is 0.737. The SMILES string of the molecule is CCNC(=NCC(C)(O)c1ccco1)NC(C)CCCN(CC)CC.I. The number of furan rings is 1. The van der Waals surface area contributed by atoms with Crippen LogP contribution in [-0.2, 0) is 5.60 Å². The molecule has 2 atom stereocenters. The van der Waals surface area contributed by atoms with Gasteiger partial charge >= 0.3 is 0 Å². The Hall–Kier alpha value is -0.800. The van der Waals surface area contributed by atoms with Gasteiger partial charge in [-0.2, -0.15) is 0 Å². The summed E-state index contributed by atoms with van der Waals surface area (Å²) in [5, 5.41) is 17.2. The molecule has 0 aliphatic rings. The van der Waals surface area contributed by atoms with Gasteiger partial charge in [0, 0.05) is 12.6 Å². The number of aliphatic hydroxyl groups is 1. The van der Waals surface area contributed by atoms with Crippen molar-refractivity contribution in [2.75, 3.05) is 32.7 Å². The molecule has 7 heteroatoms. The molecule has 0 aliphatic carbocycles. The van der Waals surface area contributed by atoms with Gasteiger partial charge in [-0.1, -0.05) is 13.8 Å². The quantitative estimate of drug-likeness (QED) is 0.258. The monoisotopic (exact) mass is 480 g/mol. The molecule has 0 spiro atoms. The molecular formula is C19H37IN4O2. The highest BCUT2D eigenvalue weighted by Gasteiger charge is 2.26. The number of hydrogen-bond donors (Lipinski definition) is 3. The molecule has 26 heavy (non-hydrogen) atoms. The Labute approximate surface area is 175 Å². The van der Waals surface area contributed by atoms with Crippen molar-refractivity contribution in [1.82, 2.24) is 15.5 Å². The number of nitrogens with one attached hydrogen (secondary N) is 2. The maximum absolute atomic E-state index is 10.5. The number of nitrogens with zero attached hydrogens (tertiary/aromatic N) is 2. The first-order valence-corrected chi connectivity index (χ1v) is 9.46. The molecule has 0 bridgehead atoms. The normalized spacial score (nSPS) is 15.3. The summed E-state index contributed by atoms with van der Waals surface area (Å²) in [4.78, 5) is 6.97. The molecule has 1 aromatic heterocycles. The Morgan fingerprint density at radius 2 is 2.04 bits per heavy atom. The van der Waals surface area contributed by atoms with Gasteiger partial charge in [-0.25, -0.2) is 4.99 Å². The van der Waals surface area contributed by atoms with Crippen LogP contribution in [0.1, 0.15) is 53.2 Å². The fourth-order valence-electron chi connectivity index (χ4n) is 2.68.